The molecule has 0 aromatic carbocycles. The van der Waals surface area contributed by atoms with Crippen LogP contribution >= 0.6 is 0 Å². The van der Waals surface area contributed by atoms with Gasteiger partial charge in [-0.25, -0.2) is 4.79 Å². The highest BCUT2D eigenvalue weighted by atomic mass is 16.5. The molecule has 0 spiro atoms. The summed E-state index contributed by atoms with van der Waals surface area (Å²) in [6, 6.07) is 0.402. The Labute approximate surface area is 161 Å². The van der Waals surface area contributed by atoms with Gasteiger partial charge in [0.15, 0.2) is 0 Å². The number of ether oxygens (including phenoxy) is 1. The summed E-state index contributed by atoms with van der Waals surface area (Å²) >= 11 is 0. The van der Waals surface area contributed by atoms with Crippen molar-refractivity contribution < 1.29 is 4.74 Å². The van der Waals surface area contributed by atoms with Gasteiger partial charge in [0.2, 0.25) is 0 Å². The van der Waals surface area contributed by atoms with Crippen molar-refractivity contribution in [1.29, 1.82) is 0 Å². The summed E-state index contributed by atoms with van der Waals surface area (Å²) in [7, 11) is 3.24. The zero-order valence-electron chi connectivity index (χ0n) is 16.9. The molecule has 7 nitrogen and oxygen atoms in total. The molecule has 27 heavy (non-hydrogen) atoms. The van der Waals surface area contributed by atoms with Gasteiger partial charge in [-0.15, -0.1) is 0 Å². The predicted octanol–water partition coefficient (Wildman–Crippen LogP) is 0.843. The molecule has 0 bridgehead atoms. The number of aryl methyl sites for hydroxylation is 1. The largest absolute Gasteiger partial charge is 0.377 e. The Balaban J connectivity index is 1.67. The molecule has 1 aliphatic heterocycles. The molecule has 2 aliphatic rings. The standard InChI is InChI=1S/C20H34N4O3/c1-15-6-4-5-7-18(15)27-11-10-24(17-8-9-21-12-17)14-16-13-22(2)20(26)23(3)19(16)25/h13,15,17-18,21H,4-12,14H2,1-3H3/t15-,17-,18-/m1/s1. The monoisotopic (exact) mass is 378 g/mol. The second-order valence-corrected chi connectivity index (χ2v) is 8.20. The Bertz CT molecular complexity index is 736. The van der Waals surface area contributed by atoms with E-state index in [1.807, 2.05) is 0 Å². The van der Waals surface area contributed by atoms with E-state index in [0.29, 0.717) is 36.8 Å². The van der Waals surface area contributed by atoms with Gasteiger partial charge in [0.25, 0.3) is 5.56 Å². The second-order valence-electron chi connectivity index (χ2n) is 8.20. The molecular formula is C20H34N4O3. The van der Waals surface area contributed by atoms with Gasteiger partial charge >= 0.3 is 5.69 Å². The number of rotatable bonds is 7. The van der Waals surface area contributed by atoms with Crippen molar-refractivity contribution in [2.45, 2.75) is 57.7 Å². The fourth-order valence-electron chi connectivity index (χ4n) is 4.40. The molecular weight excluding hydrogens is 344 g/mol. The molecule has 3 rings (SSSR count). The summed E-state index contributed by atoms with van der Waals surface area (Å²) in [6.45, 7) is 6.28. The number of nitrogens with zero attached hydrogens (tertiary/aromatic N) is 3. The first-order chi connectivity index (χ1) is 13.0. The highest BCUT2D eigenvalue weighted by Gasteiger charge is 2.25. The Morgan fingerprint density at radius 3 is 2.70 bits per heavy atom. The Hall–Kier alpha value is -1.44. The Kier molecular flexibility index (Phi) is 6.89. The summed E-state index contributed by atoms with van der Waals surface area (Å²) in [4.78, 5) is 26.8. The lowest BCUT2D eigenvalue weighted by Crippen LogP contribution is -2.44. The highest BCUT2D eigenvalue weighted by molar-refractivity contribution is 5.06. The van der Waals surface area contributed by atoms with Gasteiger partial charge in [0.05, 0.1) is 12.7 Å². The van der Waals surface area contributed by atoms with E-state index in [2.05, 4.69) is 17.1 Å². The summed E-state index contributed by atoms with van der Waals surface area (Å²) in [5.74, 6) is 0.635. The van der Waals surface area contributed by atoms with Gasteiger partial charge in [-0.3, -0.25) is 14.3 Å². The van der Waals surface area contributed by atoms with E-state index in [-0.39, 0.29) is 11.2 Å². The number of hydrogen-bond donors (Lipinski definition) is 1. The molecule has 152 valence electrons. The first-order valence-electron chi connectivity index (χ1n) is 10.3. The van der Waals surface area contributed by atoms with Crippen LogP contribution in [-0.4, -0.2) is 52.4 Å². The fraction of sp³-hybridized carbons (Fsp3) is 0.800. The maximum atomic E-state index is 12.5. The summed E-state index contributed by atoms with van der Waals surface area (Å²) in [6.07, 6.45) is 8.13. The zero-order valence-corrected chi connectivity index (χ0v) is 16.9. The van der Waals surface area contributed by atoms with Crippen LogP contribution in [0, 0.1) is 5.92 Å². The molecule has 7 heteroatoms. The molecule has 1 aromatic heterocycles. The maximum Gasteiger partial charge on any atom is 0.330 e. The van der Waals surface area contributed by atoms with Crippen molar-refractivity contribution in [3.05, 3.63) is 32.6 Å². The molecule has 3 atom stereocenters. The van der Waals surface area contributed by atoms with Crippen molar-refractivity contribution in [3.63, 3.8) is 0 Å². The van der Waals surface area contributed by atoms with E-state index in [1.54, 1.807) is 20.3 Å². The lowest BCUT2D eigenvalue weighted by atomic mass is 9.88. The Morgan fingerprint density at radius 2 is 2.00 bits per heavy atom. The highest BCUT2D eigenvalue weighted by Crippen LogP contribution is 2.26. The predicted molar refractivity (Wildman–Crippen MR) is 106 cm³/mol. The molecule has 0 radical (unpaired) electrons. The fourth-order valence-corrected chi connectivity index (χ4v) is 4.40. The average molecular weight is 379 g/mol. The van der Waals surface area contributed by atoms with Crippen LogP contribution in [-0.2, 0) is 25.4 Å². The van der Waals surface area contributed by atoms with Crippen LogP contribution in [0.25, 0.3) is 0 Å². The van der Waals surface area contributed by atoms with Crippen molar-refractivity contribution in [3.8, 4) is 0 Å². The minimum Gasteiger partial charge on any atom is -0.377 e. The zero-order chi connectivity index (χ0) is 19.4. The van der Waals surface area contributed by atoms with E-state index in [9.17, 15) is 9.59 Å². The van der Waals surface area contributed by atoms with Gasteiger partial charge in [0, 0.05) is 51.5 Å². The van der Waals surface area contributed by atoms with E-state index in [4.69, 9.17) is 4.74 Å². The second kappa shape index (κ2) is 9.17. The SMILES string of the molecule is C[C@@H]1CCCC[C@H]1OCCN(Cc1cn(C)c(=O)n(C)c1=O)[C@@H]1CCNC1. The minimum atomic E-state index is -0.285. The van der Waals surface area contributed by atoms with Crippen LogP contribution in [0.4, 0.5) is 0 Å². The quantitative estimate of drug-likeness (QED) is 0.762. The third-order valence-electron chi connectivity index (χ3n) is 6.18. The molecule has 1 saturated carbocycles. The van der Waals surface area contributed by atoms with Crippen molar-refractivity contribution >= 4 is 0 Å². The number of hydrogen-bond acceptors (Lipinski definition) is 5. The van der Waals surface area contributed by atoms with Crippen LogP contribution in [0.15, 0.2) is 15.8 Å². The summed E-state index contributed by atoms with van der Waals surface area (Å²) < 4.78 is 8.90. The smallest absolute Gasteiger partial charge is 0.330 e. The average Bonchev–Trinajstić information content (AvgIpc) is 3.19. The molecule has 0 unspecified atom stereocenters. The van der Waals surface area contributed by atoms with Crippen molar-refractivity contribution in [1.82, 2.24) is 19.4 Å². The molecule has 2 heterocycles. The third kappa shape index (κ3) is 4.89. The first kappa shape index (κ1) is 20.3. The van der Waals surface area contributed by atoms with E-state index in [1.165, 1.54) is 28.4 Å². The normalized spacial score (nSPS) is 26.0. The Morgan fingerprint density at radius 1 is 1.22 bits per heavy atom. The van der Waals surface area contributed by atoms with Crippen LogP contribution in [0.3, 0.4) is 0 Å². The number of aromatic nitrogens is 2. The van der Waals surface area contributed by atoms with E-state index in [0.717, 1.165) is 32.5 Å². The van der Waals surface area contributed by atoms with Crippen LogP contribution in [0.2, 0.25) is 0 Å². The van der Waals surface area contributed by atoms with Gasteiger partial charge in [-0.05, 0) is 31.7 Å². The maximum absolute atomic E-state index is 12.5. The topological polar surface area (TPSA) is 68.5 Å². The molecule has 1 aromatic rings. The number of nitrogens with one attached hydrogen (secondary N) is 1. The minimum absolute atomic E-state index is 0.198. The lowest BCUT2D eigenvalue weighted by molar-refractivity contribution is -0.0182. The first-order valence-corrected chi connectivity index (χ1v) is 10.3. The van der Waals surface area contributed by atoms with Gasteiger partial charge < -0.3 is 14.6 Å². The van der Waals surface area contributed by atoms with Gasteiger partial charge in [-0.2, -0.15) is 0 Å². The van der Waals surface area contributed by atoms with Crippen LogP contribution in [0.5, 0.6) is 0 Å². The van der Waals surface area contributed by atoms with Crippen molar-refractivity contribution in [2.24, 2.45) is 20.0 Å². The molecule has 2 fully saturated rings. The van der Waals surface area contributed by atoms with Crippen LogP contribution < -0.4 is 16.6 Å². The van der Waals surface area contributed by atoms with Crippen molar-refractivity contribution in [2.75, 3.05) is 26.2 Å². The third-order valence-corrected chi connectivity index (χ3v) is 6.18. The van der Waals surface area contributed by atoms with E-state index < -0.39 is 0 Å². The summed E-state index contributed by atoms with van der Waals surface area (Å²) in [5, 5.41) is 3.41. The molecule has 1 saturated heterocycles. The molecule has 0 amide bonds. The van der Waals surface area contributed by atoms with E-state index >= 15 is 0 Å². The van der Waals surface area contributed by atoms with Gasteiger partial charge in [0.1, 0.15) is 0 Å². The molecule has 1 aliphatic carbocycles. The molecule has 1 N–H and O–H groups in total. The van der Waals surface area contributed by atoms with Crippen LogP contribution in [0.1, 0.15) is 44.6 Å². The summed E-state index contributed by atoms with van der Waals surface area (Å²) in [5.41, 5.74) is 0.181. The van der Waals surface area contributed by atoms with Gasteiger partial charge in [-0.1, -0.05) is 19.8 Å². The lowest BCUT2D eigenvalue weighted by Gasteiger charge is -2.32.